The number of nitrogens with one attached hydrogen (secondary N) is 1. The summed E-state index contributed by atoms with van der Waals surface area (Å²) < 4.78 is 39.7. The van der Waals surface area contributed by atoms with E-state index in [0.717, 1.165) is 25.0 Å². The van der Waals surface area contributed by atoms with Gasteiger partial charge >= 0.3 is 0 Å². The summed E-state index contributed by atoms with van der Waals surface area (Å²) in [6.45, 7) is 0. The molecule has 1 aromatic heterocycles. The molecule has 2 aromatic rings. The Bertz CT molecular complexity index is 651. The fraction of sp³-hybridized carbons (Fsp3) is 0.231. The van der Waals surface area contributed by atoms with Gasteiger partial charge in [-0.15, -0.1) is 0 Å². The Kier molecular flexibility index (Phi) is 3.37. The first-order chi connectivity index (χ1) is 9.52. The van der Waals surface area contributed by atoms with E-state index in [9.17, 15) is 13.2 Å². The van der Waals surface area contributed by atoms with Crippen molar-refractivity contribution < 1.29 is 13.2 Å². The van der Waals surface area contributed by atoms with E-state index in [1.807, 2.05) is 0 Å². The first-order valence-electron chi connectivity index (χ1n) is 5.99. The average Bonchev–Trinajstić information content (AvgIpc) is 3.19. The topological polar surface area (TPSA) is 37.8 Å². The lowest BCUT2D eigenvalue weighted by molar-refractivity contribution is 0.448. The van der Waals surface area contributed by atoms with Gasteiger partial charge in [0.2, 0.25) is 0 Å². The molecule has 1 saturated carbocycles. The van der Waals surface area contributed by atoms with E-state index in [0.29, 0.717) is 22.2 Å². The minimum atomic E-state index is -1.49. The Morgan fingerprint density at radius 3 is 2.30 bits per heavy atom. The number of nitrogens with zero attached hydrogens (tertiary/aromatic N) is 2. The Hall–Kier alpha value is -1.63. The van der Waals surface area contributed by atoms with Crippen LogP contribution in [0.1, 0.15) is 24.6 Å². The molecule has 1 fully saturated rings. The summed E-state index contributed by atoms with van der Waals surface area (Å²) in [4.78, 5) is 8.53. The summed E-state index contributed by atoms with van der Waals surface area (Å²) in [5.74, 6) is -2.55. The molecule has 104 valence electrons. The predicted molar refractivity (Wildman–Crippen MR) is 71.3 cm³/mol. The normalized spacial score (nSPS) is 14.4. The lowest BCUT2D eigenvalue weighted by atomic mass is 10.3. The fourth-order valence-electron chi connectivity index (χ4n) is 1.80. The number of benzene rings is 1. The quantitative estimate of drug-likeness (QED) is 0.667. The zero-order valence-corrected chi connectivity index (χ0v) is 11.7. The highest BCUT2D eigenvalue weighted by Gasteiger charge is 2.27. The average molecular weight is 344 g/mol. The van der Waals surface area contributed by atoms with Gasteiger partial charge in [-0.25, -0.2) is 23.1 Å². The van der Waals surface area contributed by atoms with E-state index in [1.54, 1.807) is 6.07 Å². The Morgan fingerprint density at radius 1 is 1.05 bits per heavy atom. The van der Waals surface area contributed by atoms with E-state index < -0.39 is 17.5 Å². The summed E-state index contributed by atoms with van der Waals surface area (Å²) in [5, 5.41) is 2.75. The SMILES string of the molecule is Fc1cc(Nc2cc(Br)nc(C3CC3)n2)cc(F)c1F. The van der Waals surface area contributed by atoms with Crippen LogP contribution in [0, 0.1) is 17.5 Å². The molecule has 3 nitrogen and oxygen atoms in total. The van der Waals surface area contributed by atoms with E-state index in [4.69, 9.17) is 0 Å². The predicted octanol–water partition coefficient (Wildman–Crippen LogP) is 4.28. The van der Waals surface area contributed by atoms with Crippen molar-refractivity contribution in [1.82, 2.24) is 9.97 Å². The second-order valence-electron chi connectivity index (χ2n) is 4.59. The van der Waals surface area contributed by atoms with E-state index >= 15 is 0 Å². The standard InChI is InChI=1S/C13H9BrF3N3/c14-10-5-11(20-13(19-10)6-1-2-6)18-7-3-8(15)12(17)9(16)4-7/h3-6H,1-2H2,(H,18,19,20). The largest absolute Gasteiger partial charge is 0.340 e. The van der Waals surface area contributed by atoms with Crippen molar-refractivity contribution in [2.24, 2.45) is 0 Å². The highest BCUT2D eigenvalue weighted by molar-refractivity contribution is 9.10. The molecule has 0 aliphatic heterocycles. The zero-order valence-electron chi connectivity index (χ0n) is 10.1. The van der Waals surface area contributed by atoms with Crippen LogP contribution in [0.25, 0.3) is 0 Å². The van der Waals surface area contributed by atoms with Crippen molar-refractivity contribution in [3.05, 3.63) is 46.1 Å². The van der Waals surface area contributed by atoms with Crippen molar-refractivity contribution in [3.8, 4) is 0 Å². The van der Waals surface area contributed by atoms with Crippen LogP contribution in [0.4, 0.5) is 24.7 Å². The third kappa shape index (κ3) is 2.77. The van der Waals surface area contributed by atoms with Crippen LogP contribution in [0.3, 0.4) is 0 Å². The van der Waals surface area contributed by atoms with Crippen LogP contribution in [0.5, 0.6) is 0 Å². The third-order valence-electron chi connectivity index (χ3n) is 2.91. The molecule has 20 heavy (non-hydrogen) atoms. The molecule has 1 N–H and O–H groups in total. The Morgan fingerprint density at radius 2 is 1.70 bits per heavy atom. The maximum absolute atomic E-state index is 13.1. The number of hydrogen-bond donors (Lipinski definition) is 1. The van der Waals surface area contributed by atoms with Gasteiger partial charge in [-0.3, -0.25) is 0 Å². The molecule has 0 radical (unpaired) electrons. The number of rotatable bonds is 3. The fourth-order valence-corrected chi connectivity index (χ4v) is 2.20. The van der Waals surface area contributed by atoms with Gasteiger partial charge in [0.15, 0.2) is 17.5 Å². The van der Waals surface area contributed by atoms with Gasteiger partial charge in [-0.1, -0.05) is 0 Å². The van der Waals surface area contributed by atoms with Crippen LogP contribution < -0.4 is 5.32 Å². The second kappa shape index (κ2) is 5.05. The molecule has 0 atom stereocenters. The molecular weight excluding hydrogens is 335 g/mol. The molecule has 0 spiro atoms. The summed E-state index contributed by atoms with van der Waals surface area (Å²) in [6.07, 6.45) is 2.07. The first-order valence-corrected chi connectivity index (χ1v) is 6.78. The summed E-state index contributed by atoms with van der Waals surface area (Å²) in [7, 11) is 0. The summed E-state index contributed by atoms with van der Waals surface area (Å²) >= 11 is 3.26. The number of aromatic nitrogens is 2. The van der Waals surface area contributed by atoms with Crippen molar-refractivity contribution in [1.29, 1.82) is 0 Å². The maximum Gasteiger partial charge on any atom is 0.194 e. The molecule has 7 heteroatoms. The van der Waals surface area contributed by atoms with E-state index in [2.05, 4.69) is 31.2 Å². The number of hydrogen-bond acceptors (Lipinski definition) is 3. The molecule has 1 heterocycles. The van der Waals surface area contributed by atoms with Gasteiger partial charge in [0, 0.05) is 29.8 Å². The minimum absolute atomic E-state index is 0.0914. The minimum Gasteiger partial charge on any atom is -0.340 e. The second-order valence-corrected chi connectivity index (χ2v) is 5.40. The first kappa shape index (κ1) is 13.4. The highest BCUT2D eigenvalue weighted by Crippen LogP contribution is 2.39. The maximum atomic E-state index is 13.1. The number of halogens is 4. The van der Waals surface area contributed by atoms with Crippen LogP contribution >= 0.6 is 15.9 Å². The van der Waals surface area contributed by atoms with Crippen molar-refractivity contribution in [2.45, 2.75) is 18.8 Å². The lowest BCUT2D eigenvalue weighted by Crippen LogP contribution is -2.01. The van der Waals surface area contributed by atoms with Crippen molar-refractivity contribution in [2.75, 3.05) is 5.32 Å². The van der Waals surface area contributed by atoms with Gasteiger partial charge in [0.1, 0.15) is 16.2 Å². The molecule has 3 rings (SSSR count). The zero-order chi connectivity index (χ0) is 14.3. The summed E-state index contributed by atoms with van der Waals surface area (Å²) in [6, 6.07) is 3.35. The smallest absolute Gasteiger partial charge is 0.194 e. The molecule has 1 aromatic carbocycles. The molecule has 0 bridgehead atoms. The van der Waals surface area contributed by atoms with Gasteiger partial charge in [0.05, 0.1) is 0 Å². The van der Waals surface area contributed by atoms with Gasteiger partial charge in [0.25, 0.3) is 0 Å². The van der Waals surface area contributed by atoms with Gasteiger partial charge < -0.3 is 5.32 Å². The number of anilines is 2. The third-order valence-corrected chi connectivity index (χ3v) is 3.32. The lowest BCUT2D eigenvalue weighted by Gasteiger charge is -2.08. The van der Waals surface area contributed by atoms with E-state index in [-0.39, 0.29) is 5.69 Å². The monoisotopic (exact) mass is 343 g/mol. The molecule has 0 unspecified atom stereocenters. The molecular formula is C13H9BrF3N3. The Labute approximate surface area is 121 Å². The van der Waals surface area contributed by atoms with Crippen LogP contribution in [0.2, 0.25) is 0 Å². The Balaban J connectivity index is 1.91. The molecule has 0 saturated heterocycles. The van der Waals surface area contributed by atoms with Crippen LogP contribution in [0.15, 0.2) is 22.8 Å². The molecule has 0 amide bonds. The highest BCUT2D eigenvalue weighted by atomic mass is 79.9. The molecule has 1 aliphatic rings. The summed E-state index contributed by atoms with van der Waals surface area (Å²) in [5.41, 5.74) is 0.0914. The van der Waals surface area contributed by atoms with Gasteiger partial charge in [-0.05, 0) is 28.8 Å². The van der Waals surface area contributed by atoms with Crippen molar-refractivity contribution in [3.63, 3.8) is 0 Å². The van der Waals surface area contributed by atoms with E-state index in [1.165, 1.54) is 0 Å². The van der Waals surface area contributed by atoms with Gasteiger partial charge in [-0.2, -0.15) is 0 Å². The van der Waals surface area contributed by atoms with Crippen LogP contribution in [-0.2, 0) is 0 Å². The molecule has 1 aliphatic carbocycles. The van der Waals surface area contributed by atoms with Crippen molar-refractivity contribution >= 4 is 27.4 Å². The van der Waals surface area contributed by atoms with Crippen LogP contribution in [-0.4, -0.2) is 9.97 Å².